The van der Waals surface area contributed by atoms with Crippen molar-refractivity contribution >= 4 is 35.5 Å². The SMILES string of the molecule is CCNC(=O)[C@H](CO)NC(=O)[C@@H](N)CSC[C@@H](COC(=O)C(C)(C)CC(C)(C)C)OC(=O)C(C)(C)CC(C)(C)C. The van der Waals surface area contributed by atoms with Gasteiger partial charge in [0.2, 0.25) is 11.8 Å². The summed E-state index contributed by atoms with van der Waals surface area (Å²) in [5, 5.41) is 14.4. The van der Waals surface area contributed by atoms with Gasteiger partial charge in [-0.05, 0) is 58.3 Å². The van der Waals surface area contributed by atoms with Crippen molar-refractivity contribution in [3.8, 4) is 0 Å². The molecule has 0 saturated heterocycles. The van der Waals surface area contributed by atoms with E-state index >= 15 is 0 Å². The van der Waals surface area contributed by atoms with Crippen molar-refractivity contribution in [1.82, 2.24) is 10.6 Å². The average Bonchev–Trinajstić information content (AvgIpc) is 2.77. The largest absolute Gasteiger partial charge is 0.461 e. The van der Waals surface area contributed by atoms with Crippen LogP contribution >= 0.6 is 11.8 Å². The van der Waals surface area contributed by atoms with Crippen LogP contribution in [0.5, 0.6) is 0 Å². The molecule has 0 rings (SSSR count). The highest BCUT2D eigenvalue weighted by atomic mass is 32.2. The molecule has 3 atom stereocenters. The molecular weight excluding hydrogens is 534 g/mol. The van der Waals surface area contributed by atoms with Crippen molar-refractivity contribution in [2.45, 2.75) is 107 Å². The van der Waals surface area contributed by atoms with Gasteiger partial charge in [-0.2, -0.15) is 11.8 Å². The number of hydrogen-bond donors (Lipinski definition) is 4. The number of thioether (sulfide) groups is 1. The summed E-state index contributed by atoms with van der Waals surface area (Å²) in [5.74, 6) is -1.47. The lowest BCUT2D eigenvalue weighted by molar-refractivity contribution is -0.170. The Morgan fingerprint density at radius 1 is 0.825 bits per heavy atom. The number of ether oxygens (including phenoxy) is 2. The molecule has 0 aromatic carbocycles. The molecule has 0 aromatic rings. The third-order valence-electron chi connectivity index (χ3n) is 5.83. The molecule has 0 saturated carbocycles. The molecule has 0 spiro atoms. The molecule has 0 aromatic heterocycles. The second-order valence-electron chi connectivity index (χ2n) is 14.2. The van der Waals surface area contributed by atoms with Crippen molar-refractivity contribution in [1.29, 1.82) is 0 Å². The second kappa shape index (κ2) is 16.0. The Morgan fingerprint density at radius 3 is 1.77 bits per heavy atom. The van der Waals surface area contributed by atoms with Gasteiger partial charge in [-0.25, -0.2) is 0 Å². The van der Waals surface area contributed by atoms with Crippen LogP contribution in [0.3, 0.4) is 0 Å². The summed E-state index contributed by atoms with van der Waals surface area (Å²) in [5.41, 5.74) is 4.36. The van der Waals surface area contributed by atoms with Crippen molar-refractivity contribution < 1.29 is 33.8 Å². The molecule has 0 bridgehead atoms. The molecule has 0 aliphatic rings. The van der Waals surface area contributed by atoms with Gasteiger partial charge >= 0.3 is 11.9 Å². The Hall–Kier alpha value is -1.85. The zero-order valence-electron chi connectivity index (χ0n) is 26.6. The Balaban J connectivity index is 5.40. The van der Waals surface area contributed by atoms with Gasteiger partial charge < -0.3 is 30.9 Å². The number of likely N-dealkylation sites (N-methyl/N-ethyl adjacent to an activating group) is 1. The molecule has 40 heavy (non-hydrogen) atoms. The smallest absolute Gasteiger partial charge is 0.311 e. The standard InChI is InChI=1S/C29H55N3O7S/c1-12-31-23(35)21(13-33)32-22(34)20(30)16-40-15-19(39-25(37)29(10,11)18-27(5,6)7)14-38-24(36)28(8,9)17-26(2,3)4/h19-21,33H,12-18,30H2,1-11H3,(H,31,35)(H,32,34)/t19-,20+,21+/m1/s1. The van der Waals surface area contributed by atoms with Crippen molar-refractivity contribution in [2.24, 2.45) is 27.4 Å². The van der Waals surface area contributed by atoms with E-state index in [1.54, 1.807) is 6.92 Å². The fourth-order valence-electron chi connectivity index (χ4n) is 4.76. The molecule has 2 amide bonds. The van der Waals surface area contributed by atoms with Gasteiger partial charge in [-0.3, -0.25) is 19.2 Å². The Labute approximate surface area is 245 Å². The number of carbonyl (C=O) groups excluding carboxylic acids is 4. The predicted molar refractivity (Wildman–Crippen MR) is 160 cm³/mol. The molecule has 0 fully saturated rings. The van der Waals surface area contributed by atoms with Crippen LogP contribution < -0.4 is 16.4 Å². The van der Waals surface area contributed by atoms with Crippen LogP contribution in [0.2, 0.25) is 0 Å². The van der Waals surface area contributed by atoms with E-state index in [2.05, 4.69) is 31.4 Å². The first-order valence-corrected chi connectivity index (χ1v) is 15.1. The van der Waals surface area contributed by atoms with Crippen molar-refractivity contribution in [2.75, 3.05) is 31.3 Å². The molecule has 11 heteroatoms. The molecule has 0 heterocycles. The first kappa shape index (κ1) is 38.1. The number of aliphatic hydroxyl groups excluding tert-OH is 1. The predicted octanol–water partition coefficient (Wildman–Crippen LogP) is 3.04. The number of esters is 2. The summed E-state index contributed by atoms with van der Waals surface area (Å²) in [4.78, 5) is 50.5. The van der Waals surface area contributed by atoms with Crippen LogP contribution in [0.1, 0.15) is 89.0 Å². The van der Waals surface area contributed by atoms with Gasteiger partial charge in [-0.1, -0.05) is 41.5 Å². The number of nitrogens with one attached hydrogen (secondary N) is 2. The molecule has 5 N–H and O–H groups in total. The van der Waals surface area contributed by atoms with Crippen LogP contribution in [-0.4, -0.2) is 78.3 Å². The van der Waals surface area contributed by atoms with E-state index in [-0.39, 0.29) is 34.9 Å². The average molecular weight is 590 g/mol. The fraction of sp³-hybridized carbons (Fsp3) is 0.862. The lowest BCUT2D eigenvalue weighted by Gasteiger charge is -2.33. The molecule has 0 aliphatic carbocycles. The van der Waals surface area contributed by atoms with E-state index in [9.17, 15) is 24.3 Å². The maximum atomic E-state index is 13.1. The van der Waals surface area contributed by atoms with Crippen LogP contribution in [0.15, 0.2) is 0 Å². The number of rotatable bonds is 16. The monoisotopic (exact) mass is 589 g/mol. The zero-order chi connectivity index (χ0) is 31.5. The molecule has 10 nitrogen and oxygen atoms in total. The van der Waals surface area contributed by atoms with Gasteiger partial charge in [0.1, 0.15) is 18.8 Å². The highest BCUT2D eigenvalue weighted by Gasteiger charge is 2.37. The van der Waals surface area contributed by atoms with E-state index < -0.39 is 53.4 Å². The first-order valence-electron chi connectivity index (χ1n) is 13.9. The Morgan fingerprint density at radius 2 is 1.32 bits per heavy atom. The van der Waals surface area contributed by atoms with Gasteiger partial charge in [-0.15, -0.1) is 0 Å². The number of aliphatic hydroxyl groups is 1. The summed E-state index contributed by atoms with van der Waals surface area (Å²) < 4.78 is 11.5. The maximum Gasteiger partial charge on any atom is 0.311 e. The Kier molecular flexibility index (Phi) is 15.2. The van der Waals surface area contributed by atoms with Gasteiger partial charge in [0, 0.05) is 18.1 Å². The van der Waals surface area contributed by atoms with Gasteiger partial charge in [0.15, 0.2) is 0 Å². The topological polar surface area (TPSA) is 157 Å². The molecule has 234 valence electrons. The number of hydrogen-bond acceptors (Lipinski definition) is 9. The normalized spacial score (nSPS) is 15.0. The summed E-state index contributed by atoms with van der Waals surface area (Å²) in [6.07, 6.45) is 0.466. The van der Waals surface area contributed by atoms with Crippen LogP contribution in [0, 0.1) is 21.7 Å². The highest BCUT2D eigenvalue weighted by Crippen LogP contribution is 2.36. The van der Waals surface area contributed by atoms with E-state index in [1.165, 1.54) is 11.8 Å². The summed E-state index contributed by atoms with van der Waals surface area (Å²) in [7, 11) is 0. The molecule has 0 radical (unpaired) electrons. The minimum Gasteiger partial charge on any atom is -0.461 e. The third kappa shape index (κ3) is 15.2. The maximum absolute atomic E-state index is 13.1. The quantitative estimate of drug-likeness (QED) is 0.199. The van der Waals surface area contributed by atoms with E-state index in [1.807, 2.05) is 48.5 Å². The first-order chi connectivity index (χ1) is 18.0. The van der Waals surface area contributed by atoms with E-state index in [4.69, 9.17) is 15.2 Å². The molecule has 0 aliphatic heterocycles. The summed E-state index contributed by atoms with van der Waals surface area (Å²) >= 11 is 1.27. The minimum atomic E-state index is -1.10. The fourth-order valence-corrected chi connectivity index (χ4v) is 5.73. The highest BCUT2D eigenvalue weighted by molar-refractivity contribution is 7.99. The number of carbonyl (C=O) groups is 4. The van der Waals surface area contributed by atoms with E-state index in [0.717, 1.165) is 0 Å². The van der Waals surface area contributed by atoms with Gasteiger partial charge in [0.05, 0.1) is 23.5 Å². The summed E-state index contributed by atoms with van der Waals surface area (Å²) in [6.45, 7) is 21.0. The minimum absolute atomic E-state index is 0.0792. The molecule has 0 unspecified atom stereocenters. The van der Waals surface area contributed by atoms with Crippen LogP contribution in [0.25, 0.3) is 0 Å². The zero-order valence-corrected chi connectivity index (χ0v) is 27.4. The van der Waals surface area contributed by atoms with Crippen LogP contribution in [0.4, 0.5) is 0 Å². The lowest BCUT2D eigenvalue weighted by atomic mass is 9.76. The van der Waals surface area contributed by atoms with Crippen molar-refractivity contribution in [3.63, 3.8) is 0 Å². The van der Waals surface area contributed by atoms with Gasteiger partial charge in [0.25, 0.3) is 0 Å². The van der Waals surface area contributed by atoms with Crippen LogP contribution in [-0.2, 0) is 28.7 Å². The third-order valence-corrected chi connectivity index (χ3v) is 7.03. The number of nitrogens with two attached hydrogens (primary N) is 1. The lowest BCUT2D eigenvalue weighted by Crippen LogP contribution is -2.53. The second-order valence-corrected chi connectivity index (χ2v) is 15.2. The van der Waals surface area contributed by atoms with Crippen molar-refractivity contribution in [3.05, 3.63) is 0 Å². The summed E-state index contributed by atoms with van der Waals surface area (Å²) in [6, 6.07) is -2.08. The molecular formula is C29H55N3O7S. The van der Waals surface area contributed by atoms with E-state index in [0.29, 0.717) is 19.4 Å². The number of amides is 2. The Bertz CT molecular complexity index is 848.